The van der Waals surface area contributed by atoms with Crippen LogP contribution in [0.1, 0.15) is 88.6 Å². The summed E-state index contributed by atoms with van der Waals surface area (Å²) in [5, 5.41) is 2.28. The molecule has 0 aliphatic heterocycles. The van der Waals surface area contributed by atoms with E-state index in [0.29, 0.717) is 0 Å². The first-order valence-electron chi connectivity index (χ1n) is 11.6. The summed E-state index contributed by atoms with van der Waals surface area (Å²) in [5.74, 6) is 2.66. The number of amides is 1. The normalized spacial score (nSPS) is 5.91. The summed E-state index contributed by atoms with van der Waals surface area (Å²) in [6.45, 7) is 24.0. The number of alkyl carbamates (subject to hydrolysis) is 1. The Morgan fingerprint density at radius 1 is 0.719 bits per heavy atom. The predicted molar refractivity (Wildman–Crippen MR) is 141 cm³/mol. The second kappa shape index (κ2) is 63.0. The van der Waals surface area contributed by atoms with Gasteiger partial charge in [0.2, 0.25) is 0 Å². The third kappa shape index (κ3) is 51.0. The van der Waals surface area contributed by atoms with Crippen LogP contribution >= 0.6 is 0 Å². The molecule has 2 aromatic rings. The number of ether oxygens (including phenoxy) is 1. The van der Waals surface area contributed by atoms with E-state index < -0.39 is 6.09 Å². The molecule has 0 aromatic heterocycles. The fraction of sp³-hybridized carbons (Fsp3) is 0.464. The van der Waals surface area contributed by atoms with Gasteiger partial charge in [0.05, 0.1) is 0 Å². The van der Waals surface area contributed by atoms with E-state index in [1.165, 1.54) is 7.05 Å². The topological polar surface area (TPSA) is 38.3 Å². The smallest absolute Gasteiger partial charge is 0.356 e. The van der Waals surface area contributed by atoms with Gasteiger partial charge in [0.15, 0.2) is 0 Å². The van der Waals surface area contributed by atoms with Crippen LogP contribution in [0.25, 0.3) is 0 Å². The van der Waals surface area contributed by atoms with Crippen LogP contribution in [0.5, 0.6) is 0 Å². The Bertz CT molecular complexity index is 509. The van der Waals surface area contributed by atoms with Crippen molar-refractivity contribution in [2.75, 3.05) is 7.05 Å². The minimum atomic E-state index is -0.560. The van der Waals surface area contributed by atoms with Crippen molar-refractivity contribution in [2.24, 2.45) is 0 Å². The van der Waals surface area contributed by atoms with Gasteiger partial charge in [0.1, 0.15) is 6.11 Å². The molecule has 0 spiro atoms. The molecular formula is C28H49NO2W. The number of benzene rings is 2. The second-order valence-electron chi connectivity index (χ2n) is 3.23. The molecule has 0 saturated heterocycles. The van der Waals surface area contributed by atoms with Crippen LogP contribution in [0.4, 0.5) is 4.79 Å². The molecule has 184 valence electrons. The number of carbonyl (C=O) groups is 1. The molecular weight excluding hydrogens is 566 g/mol. The Kier molecular flexibility index (Phi) is 93.8. The van der Waals surface area contributed by atoms with Gasteiger partial charge in [0.25, 0.3) is 0 Å². The summed E-state index contributed by atoms with van der Waals surface area (Å²) in [5.41, 5.74) is 0.780. The van der Waals surface area contributed by atoms with Crippen molar-refractivity contribution in [1.29, 1.82) is 0 Å². The van der Waals surface area contributed by atoms with E-state index >= 15 is 0 Å². The van der Waals surface area contributed by atoms with E-state index in [-0.39, 0.29) is 21.1 Å². The minimum Gasteiger partial charge on any atom is -0.356 e. The Balaban J connectivity index is -0.0000000557. The maximum atomic E-state index is 10.6. The van der Waals surface area contributed by atoms with Crippen molar-refractivity contribution in [3.8, 4) is 12.0 Å². The van der Waals surface area contributed by atoms with Crippen molar-refractivity contribution in [3.63, 3.8) is 0 Å². The van der Waals surface area contributed by atoms with Crippen LogP contribution in [0.3, 0.4) is 0 Å². The van der Waals surface area contributed by atoms with E-state index in [1.807, 2.05) is 113 Å². The van der Waals surface area contributed by atoms with E-state index in [4.69, 9.17) is 0 Å². The molecule has 0 fully saturated rings. The molecule has 1 N–H and O–H groups in total. The Morgan fingerprint density at radius 3 is 1.38 bits per heavy atom. The van der Waals surface area contributed by atoms with E-state index in [9.17, 15) is 4.79 Å². The molecule has 0 unspecified atom stereocenters. The van der Waals surface area contributed by atoms with E-state index in [2.05, 4.69) is 34.2 Å². The molecule has 4 heteroatoms. The number of hydrogen-bond donors (Lipinski definition) is 1. The SMILES string of the molecule is CC.CC.CC.CC.CC.CC.CNC(=O)OC#Cc1cc[c-]cc1.[W+2].[c-]1ccccc1. The quantitative estimate of drug-likeness (QED) is 0.238. The van der Waals surface area contributed by atoms with E-state index in [1.54, 1.807) is 24.3 Å². The summed E-state index contributed by atoms with van der Waals surface area (Å²) in [6, 6.07) is 22.4. The summed E-state index contributed by atoms with van der Waals surface area (Å²) in [6.07, 6.45) is 1.72. The molecule has 0 aliphatic carbocycles. The number of carbonyl (C=O) groups excluding carboxylic acids is 1. The molecule has 0 atom stereocenters. The van der Waals surface area contributed by atoms with Crippen molar-refractivity contribution in [2.45, 2.75) is 83.1 Å². The van der Waals surface area contributed by atoms with Crippen molar-refractivity contribution in [3.05, 3.63) is 72.3 Å². The largest absolute Gasteiger partial charge is 2.00 e. The zero-order chi connectivity index (χ0) is 25.8. The molecule has 0 bridgehead atoms. The molecule has 0 aliphatic rings. The molecule has 1 amide bonds. The van der Waals surface area contributed by atoms with Gasteiger partial charge in [-0.2, -0.15) is 66.7 Å². The van der Waals surface area contributed by atoms with Crippen LogP contribution in [0.2, 0.25) is 0 Å². The first-order valence-corrected chi connectivity index (χ1v) is 11.6. The Morgan fingerprint density at radius 2 is 1.09 bits per heavy atom. The average molecular weight is 616 g/mol. The van der Waals surface area contributed by atoms with Crippen molar-refractivity contribution in [1.82, 2.24) is 5.32 Å². The monoisotopic (exact) mass is 615 g/mol. The van der Waals surface area contributed by atoms with Crippen molar-refractivity contribution < 1.29 is 30.6 Å². The van der Waals surface area contributed by atoms with Gasteiger partial charge in [-0.25, -0.2) is 4.79 Å². The molecule has 0 saturated carbocycles. The van der Waals surface area contributed by atoms with Gasteiger partial charge in [0, 0.05) is 7.05 Å². The summed E-state index contributed by atoms with van der Waals surface area (Å²) in [4.78, 5) is 10.6. The van der Waals surface area contributed by atoms with Gasteiger partial charge in [-0.05, 0) is 5.92 Å². The third-order valence-corrected chi connectivity index (χ3v) is 1.87. The summed E-state index contributed by atoms with van der Waals surface area (Å²) >= 11 is 0. The van der Waals surface area contributed by atoms with Gasteiger partial charge in [-0.1, -0.05) is 88.6 Å². The van der Waals surface area contributed by atoms with Crippen LogP contribution in [0.15, 0.2) is 54.6 Å². The van der Waals surface area contributed by atoms with Crippen LogP contribution in [-0.2, 0) is 25.8 Å². The molecule has 0 radical (unpaired) electrons. The number of hydrogen-bond acceptors (Lipinski definition) is 2. The van der Waals surface area contributed by atoms with Crippen LogP contribution in [0, 0.1) is 24.2 Å². The zero-order valence-corrected chi connectivity index (χ0v) is 25.9. The Hall–Kier alpha value is -2.04. The molecule has 2 aromatic carbocycles. The van der Waals surface area contributed by atoms with Gasteiger partial charge < -0.3 is 10.1 Å². The fourth-order valence-corrected chi connectivity index (χ4v) is 0.994. The maximum Gasteiger partial charge on any atom is 2.00 e. The Labute approximate surface area is 216 Å². The number of nitrogens with one attached hydrogen (secondary N) is 1. The van der Waals surface area contributed by atoms with E-state index in [0.717, 1.165) is 5.56 Å². The first kappa shape index (κ1) is 47.7. The van der Waals surface area contributed by atoms with Gasteiger partial charge in [-0.3, -0.25) is 0 Å². The van der Waals surface area contributed by atoms with Crippen LogP contribution < -0.4 is 5.32 Å². The average Bonchev–Trinajstić information content (AvgIpc) is 2.93. The maximum absolute atomic E-state index is 10.6. The van der Waals surface area contributed by atoms with Crippen molar-refractivity contribution >= 4 is 6.09 Å². The predicted octanol–water partition coefficient (Wildman–Crippen LogP) is 8.79. The molecule has 3 nitrogen and oxygen atoms in total. The molecule has 0 heterocycles. The van der Waals surface area contributed by atoms with Crippen LogP contribution in [-0.4, -0.2) is 13.1 Å². The third-order valence-electron chi connectivity index (χ3n) is 1.87. The second-order valence-corrected chi connectivity index (χ2v) is 3.23. The summed E-state index contributed by atoms with van der Waals surface area (Å²) in [7, 11) is 1.47. The molecule has 32 heavy (non-hydrogen) atoms. The zero-order valence-electron chi connectivity index (χ0n) is 22.9. The number of rotatable bonds is 0. The first-order chi connectivity index (χ1) is 15.3. The fourth-order valence-electron chi connectivity index (χ4n) is 0.994. The molecule has 2 rings (SSSR count). The minimum absolute atomic E-state index is 0. The van der Waals surface area contributed by atoms with Gasteiger partial charge in [-0.15, -0.1) is 0 Å². The summed E-state index contributed by atoms with van der Waals surface area (Å²) < 4.78 is 4.47. The standard InChI is InChI=1S/C10H8NO2.C6H5.6C2H6.W/c1-11-10(12)13-8-7-9-5-3-2-4-6-9;1-2-4-6-5-3-1;6*1-2;/h3-6H,1H3,(H,11,12);1-5H;6*1-2H3;/q2*-1;;;;;;;+2. The van der Waals surface area contributed by atoms with Gasteiger partial charge >= 0.3 is 27.2 Å².